The first kappa shape index (κ1) is 24.9. The van der Waals surface area contributed by atoms with Crippen LogP contribution in [0.25, 0.3) is 0 Å². The molecule has 0 saturated heterocycles. The molecule has 162 valence electrons. The van der Waals surface area contributed by atoms with Gasteiger partial charge in [0.05, 0.1) is 20.8 Å². The van der Waals surface area contributed by atoms with Crippen molar-refractivity contribution in [1.29, 1.82) is 0 Å². The number of rotatable bonds is 9. The minimum Gasteiger partial charge on any atom is -0.468 e. The van der Waals surface area contributed by atoms with Crippen LogP contribution in [0.3, 0.4) is 0 Å². The fourth-order valence-electron chi connectivity index (χ4n) is 3.60. The molecule has 0 unspecified atom stereocenters. The number of methoxy groups -OCH3 is 2. The van der Waals surface area contributed by atoms with Crippen LogP contribution in [0.1, 0.15) is 65.7 Å². The van der Waals surface area contributed by atoms with Crippen LogP contribution < -0.4 is 0 Å². The van der Waals surface area contributed by atoms with Gasteiger partial charge in [0.2, 0.25) is 0 Å². The van der Waals surface area contributed by atoms with Gasteiger partial charge in [-0.25, -0.2) is 0 Å². The normalized spacial score (nSPS) is 17.0. The van der Waals surface area contributed by atoms with Crippen molar-refractivity contribution in [3.05, 3.63) is 12.2 Å². The maximum absolute atomic E-state index is 12.7. The maximum Gasteiger partial charge on any atom is 0.323 e. The van der Waals surface area contributed by atoms with Gasteiger partial charge in [0, 0.05) is 0 Å². The number of carbonyl (C=O) groups is 2. The van der Waals surface area contributed by atoms with Gasteiger partial charge < -0.3 is 13.9 Å². The van der Waals surface area contributed by atoms with Crippen LogP contribution in [0.4, 0.5) is 0 Å². The van der Waals surface area contributed by atoms with Crippen LogP contribution in [0.2, 0.25) is 18.1 Å². The number of hydrogen-bond acceptors (Lipinski definition) is 5. The average Bonchev–Trinajstić information content (AvgIpc) is 2.65. The van der Waals surface area contributed by atoms with Crippen LogP contribution >= 0.6 is 0 Å². The molecule has 0 N–H and O–H groups in total. The van der Waals surface area contributed by atoms with Gasteiger partial charge in [-0.15, -0.1) is 0 Å². The highest BCUT2D eigenvalue weighted by molar-refractivity contribution is 6.74. The van der Waals surface area contributed by atoms with E-state index < -0.39 is 25.7 Å². The fourth-order valence-corrected chi connectivity index (χ4v) is 4.55. The molecule has 6 heteroatoms. The second-order valence-electron chi connectivity index (χ2n) is 9.52. The average molecular weight is 413 g/mol. The molecule has 0 aromatic carbocycles. The zero-order valence-corrected chi connectivity index (χ0v) is 19.9. The largest absolute Gasteiger partial charge is 0.468 e. The zero-order chi connectivity index (χ0) is 21.4. The van der Waals surface area contributed by atoms with Gasteiger partial charge in [-0.2, -0.15) is 0 Å². The molecule has 1 saturated carbocycles. The molecule has 5 nitrogen and oxygen atoms in total. The lowest BCUT2D eigenvalue weighted by Gasteiger charge is -2.35. The lowest BCUT2D eigenvalue weighted by atomic mass is 9.72. The molecule has 1 rings (SSSR count). The Morgan fingerprint density at radius 1 is 0.964 bits per heavy atom. The first-order valence-electron chi connectivity index (χ1n) is 10.5. The summed E-state index contributed by atoms with van der Waals surface area (Å²) in [4.78, 5) is 25.4. The Morgan fingerprint density at radius 3 is 1.96 bits per heavy atom. The van der Waals surface area contributed by atoms with Gasteiger partial charge in [0.15, 0.2) is 13.7 Å². The second-order valence-corrected chi connectivity index (χ2v) is 14.3. The number of allylic oxidation sites excluding steroid dienone is 1. The zero-order valence-electron chi connectivity index (χ0n) is 18.9. The van der Waals surface area contributed by atoms with Crippen LogP contribution in [0, 0.1) is 11.3 Å². The minimum absolute atomic E-state index is 0.142. The van der Waals surface area contributed by atoms with E-state index >= 15 is 0 Å². The Balaban J connectivity index is 2.89. The monoisotopic (exact) mass is 412 g/mol. The van der Waals surface area contributed by atoms with E-state index in [9.17, 15) is 9.59 Å². The van der Waals surface area contributed by atoms with Gasteiger partial charge in [-0.1, -0.05) is 65.0 Å². The van der Waals surface area contributed by atoms with Gasteiger partial charge in [0.25, 0.3) is 0 Å². The lowest BCUT2D eigenvalue weighted by Crippen LogP contribution is -2.43. The molecule has 0 aromatic rings. The summed E-state index contributed by atoms with van der Waals surface area (Å²) in [5, 5.41) is 0.142. The Hall–Kier alpha value is -1.14. The predicted molar refractivity (Wildman–Crippen MR) is 115 cm³/mol. The topological polar surface area (TPSA) is 61.8 Å². The lowest BCUT2D eigenvalue weighted by molar-refractivity contribution is -0.170. The minimum atomic E-state index is -1.83. The van der Waals surface area contributed by atoms with E-state index in [4.69, 9.17) is 13.9 Å². The summed E-state index contributed by atoms with van der Waals surface area (Å²) in [6.07, 6.45) is 10.2. The Bertz CT molecular complexity index is 526. The Labute approximate surface area is 172 Å². The third-order valence-corrected chi connectivity index (χ3v) is 11.0. The third-order valence-electron chi connectivity index (χ3n) is 6.49. The van der Waals surface area contributed by atoms with E-state index in [0.717, 1.165) is 25.7 Å². The van der Waals surface area contributed by atoms with Crippen molar-refractivity contribution in [3.8, 4) is 0 Å². The standard InChI is InChI=1S/C22H40O5Si/c1-21(2,3)28(6,7)27-16-12-11-15-22(19(23)25-4,20(24)26-5)17-18-13-9-8-10-14-18/h11-12,18H,8-10,13-17H2,1-7H3/b12-11+. The van der Waals surface area contributed by atoms with Crippen molar-refractivity contribution in [2.24, 2.45) is 11.3 Å². The molecule has 0 aromatic heterocycles. The highest BCUT2D eigenvalue weighted by Gasteiger charge is 2.48. The molecule has 1 fully saturated rings. The molecule has 1 aliphatic rings. The summed E-state index contributed by atoms with van der Waals surface area (Å²) in [6.45, 7) is 11.5. The predicted octanol–water partition coefficient (Wildman–Crippen LogP) is 5.26. The summed E-state index contributed by atoms with van der Waals surface area (Å²) in [5.74, 6) is -0.649. The molecule has 0 aliphatic heterocycles. The number of carbonyl (C=O) groups excluding carboxylic acids is 2. The molecule has 0 spiro atoms. The Kier molecular flexibility index (Phi) is 9.41. The highest BCUT2D eigenvalue weighted by atomic mass is 28.4. The van der Waals surface area contributed by atoms with Crippen molar-refractivity contribution in [2.45, 2.75) is 83.8 Å². The van der Waals surface area contributed by atoms with Crippen molar-refractivity contribution < 1.29 is 23.5 Å². The number of ether oxygens (including phenoxy) is 2. The molecule has 0 atom stereocenters. The molecule has 0 amide bonds. The van der Waals surface area contributed by atoms with E-state index in [1.54, 1.807) is 0 Å². The molecular formula is C22H40O5Si. The van der Waals surface area contributed by atoms with Crippen molar-refractivity contribution in [2.75, 3.05) is 20.8 Å². The molecule has 28 heavy (non-hydrogen) atoms. The van der Waals surface area contributed by atoms with E-state index in [0.29, 0.717) is 18.9 Å². The van der Waals surface area contributed by atoms with Crippen molar-refractivity contribution >= 4 is 20.3 Å². The van der Waals surface area contributed by atoms with E-state index in [1.807, 2.05) is 12.2 Å². The molecular weight excluding hydrogens is 372 g/mol. The summed E-state index contributed by atoms with van der Waals surface area (Å²) in [7, 11) is 0.849. The molecule has 0 heterocycles. The van der Waals surface area contributed by atoms with E-state index in [2.05, 4.69) is 33.9 Å². The first-order chi connectivity index (χ1) is 13.0. The summed E-state index contributed by atoms with van der Waals surface area (Å²) in [5.41, 5.74) is -1.26. The summed E-state index contributed by atoms with van der Waals surface area (Å²) in [6, 6.07) is 0. The molecule has 0 radical (unpaired) electrons. The van der Waals surface area contributed by atoms with Crippen molar-refractivity contribution in [1.82, 2.24) is 0 Å². The molecule has 0 bridgehead atoms. The fraction of sp³-hybridized carbons (Fsp3) is 0.818. The maximum atomic E-state index is 12.7. The van der Waals surface area contributed by atoms with Crippen LogP contribution in [-0.2, 0) is 23.5 Å². The number of hydrogen-bond donors (Lipinski definition) is 0. The van der Waals surface area contributed by atoms with Crippen LogP contribution in [0.15, 0.2) is 12.2 Å². The van der Waals surface area contributed by atoms with Crippen LogP contribution in [-0.4, -0.2) is 41.1 Å². The van der Waals surface area contributed by atoms with Gasteiger partial charge in [0.1, 0.15) is 0 Å². The third kappa shape index (κ3) is 6.44. The highest BCUT2D eigenvalue weighted by Crippen LogP contribution is 2.40. The summed E-state index contributed by atoms with van der Waals surface area (Å²) >= 11 is 0. The summed E-state index contributed by atoms with van der Waals surface area (Å²) < 4.78 is 16.2. The van der Waals surface area contributed by atoms with Gasteiger partial charge in [-0.05, 0) is 36.9 Å². The quantitative estimate of drug-likeness (QED) is 0.224. The van der Waals surface area contributed by atoms with Crippen molar-refractivity contribution in [3.63, 3.8) is 0 Å². The molecule has 1 aliphatic carbocycles. The second kappa shape index (κ2) is 10.6. The van der Waals surface area contributed by atoms with E-state index in [1.165, 1.54) is 20.6 Å². The Morgan fingerprint density at radius 2 is 1.50 bits per heavy atom. The number of esters is 2. The van der Waals surface area contributed by atoms with Gasteiger partial charge in [-0.3, -0.25) is 9.59 Å². The smallest absolute Gasteiger partial charge is 0.323 e. The first-order valence-corrected chi connectivity index (χ1v) is 13.4. The van der Waals surface area contributed by atoms with Crippen LogP contribution in [0.5, 0.6) is 0 Å². The van der Waals surface area contributed by atoms with Gasteiger partial charge >= 0.3 is 11.9 Å². The SMILES string of the molecule is COC(=O)C(C/C=C/CO[Si](C)(C)C(C)(C)C)(CC1CCCCC1)C(=O)OC. The van der Waals surface area contributed by atoms with E-state index in [-0.39, 0.29) is 11.5 Å².